The summed E-state index contributed by atoms with van der Waals surface area (Å²) in [5.41, 5.74) is 1.65. The SMILES string of the molecule is CCC(C(=O)N1CCN(Cc2ccccc2)CC1)N(c1cccc(Cl)c1)S(C)(=O)=O. The Labute approximate surface area is 184 Å². The first-order valence-electron chi connectivity index (χ1n) is 10.1. The third-order valence-electron chi connectivity index (χ3n) is 5.31. The molecular weight excluding hydrogens is 422 g/mol. The average molecular weight is 450 g/mol. The van der Waals surface area contributed by atoms with E-state index in [1.54, 1.807) is 29.2 Å². The highest BCUT2D eigenvalue weighted by Gasteiger charge is 2.35. The number of hydrogen-bond acceptors (Lipinski definition) is 4. The Hall–Kier alpha value is -2.09. The lowest BCUT2D eigenvalue weighted by molar-refractivity contribution is -0.134. The highest BCUT2D eigenvalue weighted by molar-refractivity contribution is 7.92. The molecule has 0 radical (unpaired) electrons. The minimum atomic E-state index is -3.66. The Morgan fingerprint density at radius 3 is 2.30 bits per heavy atom. The summed E-state index contributed by atoms with van der Waals surface area (Å²) in [6.45, 7) is 5.35. The number of anilines is 1. The van der Waals surface area contributed by atoms with Crippen LogP contribution in [0.5, 0.6) is 0 Å². The second-order valence-electron chi connectivity index (χ2n) is 7.55. The van der Waals surface area contributed by atoms with Crippen LogP contribution in [0, 0.1) is 0 Å². The fourth-order valence-electron chi connectivity index (χ4n) is 3.84. The van der Waals surface area contributed by atoms with Crippen LogP contribution in [-0.2, 0) is 21.4 Å². The van der Waals surface area contributed by atoms with Crippen LogP contribution < -0.4 is 4.31 Å². The van der Waals surface area contributed by atoms with E-state index in [1.807, 2.05) is 25.1 Å². The van der Waals surface area contributed by atoms with Gasteiger partial charge in [-0.25, -0.2) is 8.42 Å². The monoisotopic (exact) mass is 449 g/mol. The molecule has 1 saturated heterocycles. The number of carbonyl (C=O) groups is 1. The summed E-state index contributed by atoms with van der Waals surface area (Å²) in [7, 11) is -3.66. The molecule has 1 aliphatic rings. The molecule has 2 aromatic rings. The summed E-state index contributed by atoms with van der Waals surface area (Å²) in [5, 5.41) is 0.429. The molecule has 0 N–H and O–H groups in total. The predicted octanol–water partition coefficient (Wildman–Crippen LogP) is 3.23. The number of halogens is 1. The van der Waals surface area contributed by atoms with Crippen molar-refractivity contribution >= 4 is 33.2 Å². The fourth-order valence-corrected chi connectivity index (χ4v) is 5.22. The van der Waals surface area contributed by atoms with Crippen molar-refractivity contribution in [3.63, 3.8) is 0 Å². The highest BCUT2D eigenvalue weighted by atomic mass is 35.5. The topological polar surface area (TPSA) is 60.9 Å². The van der Waals surface area contributed by atoms with E-state index in [0.29, 0.717) is 30.2 Å². The van der Waals surface area contributed by atoms with Gasteiger partial charge in [-0.1, -0.05) is 54.9 Å². The number of sulfonamides is 1. The third kappa shape index (κ3) is 5.53. The number of hydrogen-bond donors (Lipinski definition) is 0. The van der Waals surface area contributed by atoms with E-state index in [2.05, 4.69) is 17.0 Å². The summed E-state index contributed by atoms with van der Waals surface area (Å²) in [6, 6.07) is 16.1. The van der Waals surface area contributed by atoms with E-state index in [9.17, 15) is 13.2 Å². The maximum absolute atomic E-state index is 13.3. The molecule has 30 heavy (non-hydrogen) atoms. The molecule has 2 aromatic carbocycles. The Morgan fingerprint density at radius 2 is 1.73 bits per heavy atom. The minimum absolute atomic E-state index is 0.165. The van der Waals surface area contributed by atoms with E-state index in [4.69, 9.17) is 11.6 Å². The Bertz CT molecular complexity index is 961. The summed E-state index contributed by atoms with van der Waals surface area (Å²) in [4.78, 5) is 17.4. The van der Waals surface area contributed by atoms with E-state index >= 15 is 0 Å². The molecule has 1 heterocycles. The van der Waals surface area contributed by atoms with Gasteiger partial charge in [0, 0.05) is 37.7 Å². The van der Waals surface area contributed by atoms with Gasteiger partial charge in [0.1, 0.15) is 6.04 Å². The fraction of sp³-hybridized carbons (Fsp3) is 0.409. The standard InChI is InChI=1S/C22H28ClN3O3S/c1-3-21(26(30(2,28)29)20-11-7-10-19(23)16-20)22(27)25-14-12-24(13-15-25)17-18-8-5-4-6-9-18/h4-11,16,21H,3,12-15,17H2,1-2H3. The van der Waals surface area contributed by atoms with Gasteiger partial charge in [0.05, 0.1) is 11.9 Å². The van der Waals surface area contributed by atoms with Gasteiger partial charge in [-0.2, -0.15) is 0 Å². The maximum Gasteiger partial charge on any atom is 0.246 e. The van der Waals surface area contributed by atoms with Crippen LogP contribution in [-0.4, -0.2) is 62.6 Å². The molecule has 6 nitrogen and oxygen atoms in total. The second-order valence-corrected chi connectivity index (χ2v) is 9.85. The maximum atomic E-state index is 13.3. The zero-order chi connectivity index (χ0) is 21.7. The van der Waals surface area contributed by atoms with E-state index in [-0.39, 0.29) is 5.91 Å². The van der Waals surface area contributed by atoms with Gasteiger partial charge in [0.25, 0.3) is 0 Å². The Balaban J connectivity index is 1.72. The largest absolute Gasteiger partial charge is 0.338 e. The molecule has 1 unspecified atom stereocenters. The normalized spacial score (nSPS) is 16.3. The number of amides is 1. The van der Waals surface area contributed by atoms with Crippen LogP contribution in [0.25, 0.3) is 0 Å². The smallest absolute Gasteiger partial charge is 0.246 e. The Kier molecular flexibility index (Phi) is 7.39. The van der Waals surface area contributed by atoms with Gasteiger partial charge in [-0.05, 0) is 30.2 Å². The van der Waals surface area contributed by atoms with E-state index in [1.165, 1.54) is 9.87 Å². The van der Waals surface area contributed by atoms with Gasteiger partial charge < -0.3 is 4.90 Å². The van der Waals surface area contributed by atoms with Gasteiger partial charge in [-0.15, -0.1) is 0 Å². The second kappa shape index (κ2) is 9.81. The number of piperazine rings is 1. The third-order valence-corrected chi connectivity index (χ3v) is 6.72. The number of nitrogens with zero attached hydrogens (tertiary/aromatic N) is 3. The molecule has 3 rings (SSSR count). The van der Waals surface area contributed by atoms with Crippen molar-refractivity contribution in [2.24, 2.45) is 0 Å². The van der Waals surface area contributed by atoms with Gasteiger partial charge in [-0.3, -0.25) is 14.0 Å². The summed E-state index contributed by atoms with van der Waals surface area (Å²) in [5.74, 6) is -0.165. The quantitative estimate of drug-likeness (QED) is 0.651. The zero-order valence-electron chi connectivity index (χ0n) is 17.4. The van der Waals surface area contributed by atoms with Crippen LogP contribution in [0.15, 0.2) is 54.6 Å². The van der Waals surface area contributed by atoms with Crippen LogP contribution >= 0.6 is 11.6 Å². The minimum Gasteiger partial charge on any atom is -0.338 e. The van der Waals surface area contributed by atoms with Crippen molar-refractivity contribution in [3.05, 3.63) is 65.2 Å². The predicted molar refractivity (Wildman–Crippen MR) is 121 cm³/mol. The van der Waals surface area contributed by atoms with Crippen molar-refractivity contribution in [2.75, 3.05) is 36.7 Å². The van der Waals surface area contributed by atoms with Crippen LogP contribution in [0.2, 0.25) is 5.02 Å². The van der Waals surface area contributed by atoms with Crippen LogP contribution in [0.1, 0.15) is 18.9 Å². The van der Waals surface area contributed by atoms with Crippen LogP contribution in [0.4, 0.5) is 5.69 Å². The van der Waals surface area contributed by atoms with Gasteiger partial charge in [0.2, 0.25) is 15.9 Å². The number of carbonyl (C=O) groups excluding carboxylic acids is 1. The highest BCUT2D eigenvalue weighted by Crippen LogP contribution is 2.26. The van der Waals surface area contributed by atoms with Crippen molar-refractivity contribution in [3.8, 4) is 0 Å². The van der Waals surface area contributed by atoms with Crippen molar-refractivity contribution in [1.82, 2.24) is 9.80 Å². The van der Waals surface area contributed by atoms with Gasteiger partial charge >= 0.3 is 0 Å². The molecule has 162 valence electrons. The molecule has 8 heteroatoms. The van der Waals surface area contributed by atoms with Crippen molar-refractivity contribution < 1.29 is 13.2 Å². The average Bonchev–Trinajstić information content (AvgIpc) is 2.72. The molecule has 0 aliphatic carbocycles. The van der Waals surface area contributed by atoms with Crippen molar-refractivity contribution in [1.29, 1.82) is 0 Å². The summed E-state index contributed by atoms with van der Waals surface area (Å²) >= 11 is 6.08. The lowest BCUT2D eigenvalue weighted by Gasteiger charge is -2.39. The van der Waals surface area contributed by atoms with Crippen LogP contribution in [0.3, 0.4) is 0 Å². The lowest BCUT2D eigenvalue weighted by atomic mass is 10.1. The molecular formula is C22H28ClN3O3S. The van der Waals surface area contributed by atoms with Gasteiger partial charge in [0.15, 0.2) is 0 Å². The first kappa shape index (κ1) is 22.6. The van der Waals surface area contributed by atoms with E-state index < -0.39 is 16.1 Å². The lowest BCUT2D eigenvalue weighted by Crippen LogP contribution is -2.55. The molecule has 0 spiro atoms. The summed E-state index contributed by atoms with van der Waals surface area (Å²) < 4.78 is 26.4. The molecule has 1 aliphatic heterocycles. The first-order valence-corrected chi connectivity index (χ1v) is 12.3. The molecule has 1 fully saturated rings. The number of benzene rings is 2. The molecule has 1 amide bonds. The molecule has 0 bridgehead atoms. The van der Waals surface area contributed by atoms with E-state index in [0.717, 1.165) is 25.9 Å². The summed E-state index contributed by atoms with van der Waals surface area (Å²) in [6.07, 6.45) is 1.50. The Morgan fingerprint density at radius 1 is 1.07 bits per heavy atom. The zero-order valence-corrected chi connectivity index (χ0v) is 18.9. The first-order chi connectivity index (χ1) is 14.3. The van der Waals surface area contributed by atoms with Crippen molar-refractivity contribution in [2.45, 2.75) is 25.9 Å². The number of rotatable bonds is 7. The molecule has 0 saturated carbocycles. The molecule has 0 aromatic heterocycles. The molecule has 1 atom stereocenters.